The van der Waals surface area contributed by atoms with Gasteiger partial charge < -0.3 is 10.6 Å². The van der Waals surface area contributed by atoms with Crippen molar-refractivity contribution in [2.45, 2.75) is 59.0 Å². The van der Waals surface area contributed by atoms with Gasteiger partial charge >= 0.3 is 0 Å². The summed E-state index contributed by atoms with van der Waals surface area (Å²) < 4.78 is 0. The van der Waals surface area contributed by atoms with E-state index in [0.29, 0.717) is 17.5 Å². The smallest absolute Gasteiger partial charge is 0.0244 e. The minimum atomic E-state index is 0.471. The van der Waals surface area contributed by atoms with Gasteiger partial charge in [-0.15, -0.1) is 0 Å². The van der Waals surface area contributed by atoms with Crippen LogP contribution in [0.15, 0.2) is 0 Å². The molecule has 1 aliphatic rings. The zero-order valence-electron chi connectivity index (χ0n) is 10.2. The molecule has 0 amide bonds. The molecule has 1 rings (SSSR count). The molecule has 2 heteroatoms. The van der Waals surface area contributed by atoms with E-state index < -0.39 is 0 Å². The first-order chi connectivity index (χ1) is 6.60. The Bertz CT molecular complexity index is 162. The minimum absolute atomic E-state index is 0.471. The van der Waals surface area contributed by atoms with Gasteiger partial charge in [-0.3, -0.25) is 0 Å². The highest BCUT2D eigenvalue weighted by Crippen LogP contribution is 2.29. The predicted octanol–water partition coefficient (Wildman–Crippen LogP) is 2.15. The van der Waals surface area contributed by atoms with E-state index in [0.717, 1.165) is 6.54 Å². The van der Waals surface area contributed by atoms with Crippen molar-refractivity contribution >= 4 is 0 Å². The summed E-state index contributed by atoms with van der Waals surface area (Å²) in [5, 5.41) is 7.24. The van der Waals surface area contributed by atoms with E-state index in [4.69, 9.17) is 0 Å². The highest BCUT2D eigenvalue weighted by Gasteiger charge is 2.33. The summed E-state index contributed by atoms with van der Waals surface area (Å²) in [5.74, 6) is 0. The van der Waals surface area contributed by atoms with Gasteiger partial charge in [0.05, 0.1) is 0 Å². The maximum absolute atomic E-state index is 3.65. The summed E-state index contributed by atoms with van der Waals surface area (Å²) in [7, 11) is 0. The van der Waals surface area contributed by atoms with Crippen LogP contribution in [0, 0.1) is 5.41 Å². The molecule has 2 N–H and O–H groups in total. The van der Waals surface area contributed by atoms with Gasteiger partial charge in [-0.05, 0) is 31.2 Å². The van der Waals surface area contributed by atoms with Crippen LogP contribution in [0.2, 0.25) is 0 Å². The molecule has 0 saturated carbocycles. The Hall–Kier alpha value is -0.0800. The number of hydrogen-bond donors (Lipinski definition) is 2. The Morgan fingerprint density at radius 3 is 2.43 bits per heavy atom. The highest BCUT2D eigenvalue weighted by molar-refractivity contribution is 4.92. The quantitative estimate of drug-likeness (QED) is 0.707. The Morgan fingerprint density at radius 1 is 1.36 bits per heavy atom. The fourth-order valence-corrected chi connectivity index (χ4v) is 2.23. The Morgan fingerprint density at radius 2 is 2.00 bits per heavy atom. The fraction of sp³-hybridized carbons (Fsp3) is 1.00. The van der Waals surface area contributed by atoms with Crippen LogP contribution in [-0.4, -0.2) is 25.2 Å². The van der Waals surface area contributed by atoms with Gasteiger partial charge in [0, 0.05) is 18.6 Å². The van der Waals surface area contributed by atoms with Gasteiger partial charge in [0.15, 0.2) is 0 Å². The van der Waals surface area contributed by atoms with Crippen molar-refractivity contribution in [3.63, 3.8) is 0 Å². The van der Waals surface area contributed by atoms with E-state index in [9.17, 15) is 0 Å². The lowest BCUT2D eigenvalue weighted by Gasteiger charge is -2.28. The lowest BCUT2D eigenvalue weighted by molar-refractivity contribution is 0.291. The maximum Gasteiger partial charge on any atom is 0.0244 e. The molecule has 1 unspecified atom stereocenters. The van der Waals surface area contributed by atoms with E-state index in [1.54, 1.807) is 0 Å². The topological polar surface area (TPSA) is 24.1 Å². The van der Waals surface area contributed by atoms with Crippen molar-refractivity contribution in [1.82, 2.24) is 10.6 Å². The fourth-order valence-electron chi connectivity index (χ4n) is 2.23. The van der Waals surface area contributed by atoms with Crippen molar-refractivity contribution < 1.29 is 0 Å². The molecule has 2 nitrogen and oxygen atoms in total. The predicted molar refractivity (Wildman–Crippen MR) is 62.6 cm³/mol. The molecule has 14 heavy (non-hydrogen) atoms. The first-order valence-electron chi connectivity index (χ1n) is 6.07. The summed E-state index contributed by atoms with van der Waals surface area (Å²) in [6.45, 7) is 11.6. The normalized spacial score (nSPS) is 25.9. The largest absolute Gasteiger partial charge is 0.312 e. The monoisotopic (exact) mass is 198 g/mol. The van der Waals surface area contributed by atoms with Crippen LogP contribution >= 0.6 is 0 Å². The van der Waals surface area contributed by atoms with E-state index in [2.05, 4.69) is 38.3 Å². The summed E-state index contributed by atoms with van der Waals surface area (Å²) in [5.41, 5.74) is 0.471. The Balaban J connectivity index is 2.30. The average molecular weight is 198 g/mol. The SMILES string of the molecule is CCC(CC)NCC1NCCC1(C)C. The maximum atomic E-state index is 3.65. The lowest BCUT2D eigenvalue weighted by atomic mass is 9.85. The van der Waals surface area contributed by atoms with Crippen LogP contribution in [0.25, 0.3) is 0 Å². The van der Waals surface area contributed by atoms with Crippen LogP contribution in [0.5, 0.6) is 0 Å². The van der Waals surface area contributed by atoms with Crippen LogP contribution in [0.1, 0.15) is 47.0 Å². The molecule has 0 bridgehead atoms. The third kappa shape index (κ3) is 2.96. The molecule has 1 saturated heterocycles. The lowest BCUT2D eigenvalue weighted by Crippen LogP contribution is -2.44. The van der Waals surface area contributed by atoms with E-state index in [-0.39, 0.29) is 0 Å². The summed E-state index contributed by atoms with van der Waals surface area (Å²) in [6.07, 6.45) is 3.79. The van der Waals surface area contributed by atoms with Gasteiger partial charge in [-0.25, -0.2) is 0 Å². The van der Waals surface area contributed by atoms with Gasteiger partial charge in [-0.1, -0.05) is 27.7 Å². The molecule has 0 radical (unpaired) electrons. The second kappa shape index (κ2) is 5.13. The number of rotatable bonds is 5. The average Bonchev–Trinajstić information content (AvgIpc) is 2.47. The van der Waals surface area contributed by atoms with Crippen molar-refractivity contribution in [3.05, 3.63) is 0 Å². The number of hydrogen-bond acceptors (Lipinski definition) is 2. The molecule has 0 aromatic rings. The van der Waals surface area contributed by atoms with Gasteiger partial charge in [0.1, 0.15) is 0 Å². The zero-order valence-corrected chi connectivity index (χ0v) is 10.2. The van der Waals surface area contributed by atoms with Gasteiger partial charge in [-0.2, -0.15) is 0 Å². The van der Waals surface area contributed by atoms with Crippen LogP contribution in [0.4, 0.5) is 0 Å². The molecule has 1 aliphatic heterocycles. The van der Waals surface area contributed by atoms with Crippen LogP contribution < -0.4 is 10.6 Å². The standard InChI is InChI=1S/C12H26N2/c1-5-10(6-2)14-9-11-12(3,4)7-8-13-11/h10-11,13-14H,5-9H2,1-4H3. The van der Waals surface area contributed by atoms with Gasteiger partial charge in [0.2, 0.25) is 0 Å². The molecule has 0 aromatic heterocycles. The van der Waals surface area contributed by atoms with Gasteiger partial charge in [0.25, 0.3) is 0 Å². The molecule has 0 spiro atoms. The third-order valence-corrected chi connectivity index (χ3v) is 3.70. The minimum Gasteiger partial charge on any atom is -0.312 e. The summed E-state index contributed by atoms with van der Waals surface area (Å²) in [6, 6.07) is 1.36. The van der Waals surface area contributed by atoms with Crippen molar-refractivity contribution in [2.24, 2.45) is 5.41 Å². The van der Waals surface area contributed by atoms with Crippen molar-refractivity contribution in [2.75, 3.05) is 13.1 Å². The second-order valence-corrected chi connectivity index (χ2v) is 5.17. The Labute approximate surface area is 88.8 Å². The molecular formula is C12H26N2. The van der Waals surface area contributed by atoms with E-state index in [1.807, 2.05) is 0 Å². The molecule has 1 atom stereocenters. The first kappa shape index (κ1) is 12.0. The molecule has 84 valence electrons. The molecule has 0 aliphatic carbocycles. The summed E-state index contributed by atoms with van der Waals surface area (Å²) in [4.78, 5) is 0. The third-order valence-electron chi connectivity index (χ3n) is 3.70. The second-order valence-electron chi connectivity index (χ2n) is 5.17. The van der Waals surface area contributed by atoms with Crippen LogP contribution in [0.3, 0.4) is 0 Å². The Kier molecular flexibility index (Phi) is 4.39. The van der Waals surface area contributed by atoms with Crippen molar-refractivity contribution in [3.8, 4) is 0 Å². The molecule has 1 fully saturated rings. The molecule has 1 heterocycles. The molecule has 0 aromatic carbocycles. The number of nitrogens with one attached hydrogen (secondary N) is 2. The molecular weight excluding hydrogens is 172 g/mol. The van der Waals surface area contributed by atoms with Crippen LogP contribution in [-0.2, 0) is 0 Å². The van der Waals surface area contributed by atoms with Crippen molar-refractivity contribution in [1.29, 1.82) is 0 Å². The zero-order chi connectivity index (χ0) is 10.6. The summed E-state index contributed by atoms with van der Waals surface area (Å²) >= 11 is 0. The first-order valence-corrected chi connectivity index (χ1v) is 6.07. The van der Waals surface area contributed by atoms with E-state index >= 15 is 0 Å². The highest BCUT2D eigenvalue weighted by atomic mass is 15.0. The van der Waals surface area contributed by atoms with E-state index in [1.165, 1.54) is 25.8 Å².